The lowest BCUT2D eigenvalue weighted by Crippen LogP contribution is -2.40. The lowest BCUT2D eigenvalue weighted by molar-refractivity contribution is -0.117. The van der Waals surface area contributed by atoms with Crippen molar-refractivity contribution in [1.29, 1.82) is 0 Å². The lowest BCUT2D eigenvalue weighted by atomic mass is 10.2. The van der Waals surface area contributed by atoms with E-state index in [4.69, 9.17) is 19.8 Å². The number of anilines is 2. The van der Waals surface area contributed by atoms with E-state index in [-0.39, 0.29) is 19.1 Å². The van der Waals surface area contributed by atoms with Gasteiger partial charge in [0.15, 0.2) is 5.82 Å². The fraction of sp³-hybridized carbons (Fsp3) is 0.375. The SMILES string of the molecule is Cc1ccc(NC(=O)C(C)N(C)c2nc(-c3cc(OCCO)ccn3)nc3c2CCC3)cn1. The number of aromatic nitrogens is 4. The highest BCUT2D eigenvalue weighted by Gasteiger charge is 2.27. The molecule has 0 spiro atoms. The van der Waals surface area contributed by atoms with Crippen molar-refractivity contribution in [2.75, 3.05) is 30.5 Å². The summed E-state index contributed by atoms with van der Waals surface area (Å²) < 4.78 is 5.51. The van der Waals surface area contributed by atoms with Gasteiger partial charge in [0.1, 0.15) is 29.9 Å². The van der Waals surface area contributed by atoms with Gasteiger partial charge in [-0.3, -0.25) is 14.8 Å². The van der Waals surface area contributed by atoms with Gasteiger partial charge in [-0.1, -0.05) is 0 Å². The molecule has 0 aromatic carbocycles. The summed E-state index contributed by atoms with van der Waals surface area (Å²) in [5.41, 5.74) is 4.19. The number of hydrogen-bond donors (Lipinski definition) is 2. The largest absolute Gasteiger partial charge is 0.491 e. The maximum atomic E-state index is 12.9. The summed E-state index contributed by atoms with van der Waals surface area (Å²) >= 11 is 0. The molecule has 1 amide bonds. The zero-order valence-electron chi connectivity index (χ0n) is 19.1. The summed E-state index contributed by atoms with van der Waals surface area (Å²) in [6, 6.07) is 6.72. The normalized spacial score (nSPS) is 13.3. The highest BCUT2D eigenvalue weighted by molar-refractivity contribution is 5.96. The number of ether oxygens (including phenoxy) is 1. The number of carbonyl (C=O) groups is 1. The molecule has 2 N–H and O–H groups in total. The van der Waals surface area contributed by atoms with E-state index in [1.54, 1.807) is 24.5 Å². The number of likely N-dealkylation sites (N-methyl/N-ethyl adjacent to an activating group) is 1. The summed E-state index contributed by atoms with van der Waals surface area (Å²) in [5, 5.41) is 11.9. The van der Waals surface area contributed by atoms with Crippen LogP contribution in [-0.4, -0.2) is 57.3 Å². The molecule has 0 bridgehead atoms. The summed E-state index contributed by atoms with van der Waals surface area (Å²) in [4.78, 5) is 33.0. The number of nitrogens with zero attached hydrogens (tertiary/aromatic N) is 5. The first-order valence-corrected chi connectivity index (χ1v) is 11.0. The van der Waals surface area contributed by atoms with E-state index < -0.39 is 6.04 Å². The van der Waals surface area contributed by atoms with E-state index in [1.165, 1.54) is 0 Å². The molecule has 0 radical (unpaired) electrons. The van der Waals surface area contributed by atoms with Crippen LogP contribution in [0, 0.1) is 6.92 Å². The standard InChI is InChI=1S/C24H28N6O3/c1-15-7-8-17(14-26-15)27-24(32)16(2)30(3)23-19-5-4-6-20(19)28-22(29-23)21-13-18(9-10-25-21)33-12-11-31/h7-10,13-14,16,31H,4-6,11-12H2,1-3H3,(H,27,32). The van der Waals surface area contributed by atoms with Gasteiger partial charge in [0.2, 0.25) is 5.91 Å². The molecule has 3 aromatic rings. The molecule has 3 aromatic heterocycles. The van der Waals surface area contributed by atoms with Gasteiger partial charge in [-0.25, -0.2) is 9.97 Å². The van der Waals surface area contributed by atoms with Crippen molar-refractivity contribution in [3.63, 3.8) is 0 Å². The van der Waals surface area contributed by atoms with Crippen LogP contribution < -0.4 is 15.0 Å². The third-order valence-electron chi connectivity index (χ3n) is 5.71. The van der Waals surface area contributed by atoms with Gasteiger partial charge in [-0.2, -0.15) is 0 Å². The number of rotatable bonds is 8. The van der Waals surface area contributed by atoms with Gasteiger partial charge < -0.3 is 20.1 Å². The number of aliphatic hydroxyl groups excluding tert-OH is 1. The minimum atomic E-state index is -0.467. The van der Waals surface area contributed by atoms with Gasteiger partial charge in [0.05, 0.1) is 18.5 Å². The smallest absolute Gasteiger partial charge is 0.246 e. The van der Waals surface area contributed by atoms with Gasteiger partial charge in [-0.15, -0.1) is 0 Å². The van der Waals surface area contributed by atoms with Crippen molar-refractivity contribution < 1.29 is 14.6 Å². The number of aliphatic hydroxyl groups is 1. The minimum absolute atomic E-state index is 0.0689. The van der Waals surface area contributed by atoms with E-state index in [1.807, 2.05) is 37.9 Å². The average molecular weight is 449 g/mol. The number of nitrogens with one attached hydrogen (secondary N) is 1. The van der Waals surface area contributed by atoms with Crippen LogP contribution in [0.3, 0.4) is 0 Å². The van der Waals surface area contributed by atoms with Gasteiger partial charge in [0.25, 0.3) is 0 Å². The van der Waals surface area contributed by atoms with Crippen molar-refractivity contribution in [1.82, 2.24) is 19.9 Å². The predicted octanol–water partition coefficient (Wildman–Crippen LogP) is 2.57. The summed E-state index contributed by atoms with van der Waals surface area (Å²) in [6.45, 7) is 3.88. The van der Waals surface area contributed by atoms with Gasteiger partial charge in [-0.05, 0) is 51.3 Å². The second-order valence-corrected chi connectivity index (χ2v) is 8.06. The molecule has 0 saturated carbocycles. The quantitative estimate of drug-likeness (QED) is 0.541. The Labute approximate surface area is 192 Å². The molecule has 1 atom stereocenters. The van der Waals surface area contributed by atoms with Crippen LogP contribution in [0.4, 0.5) is 11.5 Å². The summed E-state index contributed by atoms with van der Waals surface area (Å²) in [6.07, 6.45) is 6.02. The molecule has 1 aliphatic carbocycles. The Hall–Kier alpha value is -3.59. The first-order valence-electron chi connectivity index (χ1n) is 11.0. The number of hydrogen-bond acceptors (Lipinski definition) is 8. The monoisotopic (exact) mass is 448 g/mol. The predicted molar refractivity (Wildman–Crippen MR) is 125 cm³/mol. The van der Waals surface area contributed by atoms with Crippen LogP contribution in [-0.2, 0) is 17.6 Å². The Morgan fingerprint density at radius 3 is 2.85 bits per heavy atom. The zero-order valence-corrected chi connectivity index (χ0v) is 19.1. The Morgan fingerprint density at radius 2 is 2.09 bits per heavy atom. The topological polar surface area (TPSA) is 113 Å². The minimum Gasteiger partial charge on any atom is -0.491 e. The molecule has 9 heteroatoms. The van der Waals surface area contributed by atoms with E-state index in [9.17, 15) is 4.79 Å². The molecular weight excluding hydrogens is 420 g/mol. The Bertz CT molecular complexity index is 1140. The summed E-state index contributed by atoms with van der Waals surface area (Å²) in [5.74, 6) is 1.67. The van der Waals surface area contributed by atoms with Crippen molar-refractivity contribution in [2.24, 2.45) is 0 Å². The maximum Gasteiger partial charge on any atom is 0.246 e. The molecule has 3 heterocycles. The van der Waals surface area contributed by atoms with Crippen LogP contribution in [0.5, 0.6) is 5.75 Å². The van der Waals surface area contributed by atoms with Crippen molar-refractivity contribution in [3.8, 4) is 17.3 Å². The van der Waals surface area contributed by atoms with Crippen LogP contribution in [0.1, 0.15) is 30.3 Å². The molecule has 4 rings (SSSR count). The molecule has 1 unspecified atom stereocenters. The number of carbonyl (C=O) groups excluding carboxylic acids is 1. The van der Waals surface area contributed by atoms with E-state index in [0.29, 0.717) is 23.0 Å². The molecule has 33 heavy (non-hydrogen) atoms. The van der Waals surface area contributed by atoms with E-state index >= 15 is 0 Å². The summed E-state index contributed by atoms with van der Waals surface area (Å²) in [7, 11) is 1.87. The first-order chi connectivity index (χ1) is 16.0. The molecule has 0 fully saturated rings. The molecule has 9 nitrogen and oxygen atoms in total. The number of amides is 1. The first kappa shape index (κ1) is 22.6. The second-order valence-electron chi connectivity index (χ2n) is 8.06. The van der Waals surface area contributed by atoms with Gasteiger partial charge in [0, 0.05) is 36.3 Å². The van der Waals surface area contributed by atoms with Crippen LogP contribution in [0.25, 0.3) is 11.5 Å². The maximum absolute atomic E-state index is 12.9. The molecule has 0 aliphatic heterocycles. The van der Waals surface area contributed by atoms with Crippen molar-refractivity contribution in [2.45, 2.75) is 39.2 Å². The number of pyridine rings is 2. The third-order valence-corrected chi connectivity index (χ3v) is 5.71. The van der Waals surface area contributed by atoms with Crippen molar-refractivity contribution >= 4 is 17.4 Å². The Kier molecular flexibility index (Phi) is 6.79. The number of fused-ring (bicyclic) bond motifs is 1. The molecule has 1 aliphatic rings. The zero-order chi connectivity index (χ0) is 23.4. The highest BCUT2D eigenvalue weighted by Crippen LogP contribution is 2.32. The Balaban J connectivity index is 1.61. The molecular formula is C24H28N6O3. The Morgan fingerprint density at radius 1 is 1.24 bits per heavy atom. The van der Waals surface area contributed by atoms with Crippen LogP contribution in [0.2, 0.25) is 0 Å². The highest BCUT2D eigenvalue weighted by atomic mass is 16.5. The average Bonchev–Trinajstić information content (AvgIpc) is 3.31. The molecule has 0 saturated heterocycles. The van der Waals surface area contributed by atoms with Crippen molar-refractivity contribution in [3.05, 3.63) is 53.6 Å². The third kappa shape index (κ3) is 5.09. The lowest BCUT2D eigenvalue weighted by Gasteiger charge is -2.27. The fourth-order valence-corrected chi connectivity index (χ4v) is 3.75. The number of aryl methyl sites for hydroxylation is 2. The fourth-order valence-electron chi connectivity index (χ4n) is 3.75. The van der Waals surface area contributed by atoms with E-state index in [0.717, 1.165) is 42.0 Å². The van der Waals surface area contributed by atoms with Crippen LogP contribution in [0.15, 0.2) is 36.7 Å². The van der Waals surface area contributed by atoms with Crippen LogP contribution >= 0.6 is 0 Å². The second kappa shape index (κ2) is 9.91. The molecule has 172 valence electrons. The van der Waals surface area contributed by atoms with E-state index in [2.05, 4.69) is 15.3 Å². The van der Waals surface area contributed by atoms with Gasteiger partial charge >= 0.3 is 0 Å².